The van der Waals surface area contributed by atoms with Crippen molar-refractivity contribution in [2.45, 2.75) is 25.8 Å². The van der Waals surface area contributed by atoms with Crippen LogP contribution in [-0.2, 0) is 6.42 Å². The second-order valence-electron chi connectivity index (χ2n) is 3.92. The van der Waals surface area contributed by atoms with Crippen LogP contribution < -0.4 is 10.1 Å². The van der Waals surface area contributed by atoms with Gasteiger partial charge in [-0.1, -0.05) is 25.1 Å². The van der Waals surface area contributed by atoms with E-state index >= 15 is 0 Å². The molecule has 1 rings (SSSR count). The van der Waals surface area contributed by atoms with Gasteiger partial charge in [-0.05, 0) is 31.0 Å². The number of ether oxygens (including phenoxy) is 1. The number of rotatable bonds is 7. The zero-order valence-corrected chi connectivity index (χ0v) is 10.5. The second kappa shape index (κ2) is 7.07. The van der Waals surface area contributed by atoms with Gasteiger partial charge in [-0.15, -0.1) is 6.58 Å². The SMILES string of the molecule is C=CCC(Cc1cccc(OC)c1F)NCC. The Balaban J connectivity index is 2.81. The minimum Gasteiger partial charge on any atom is -0.494 e. The van der Waals surface area contributed by atoms with Crippen molar-refractivity contribution in [3.63, 3.8) is 0 Å². The van der Waals surface area contributed by atoms with Gasteiger partial charge in [-0.25, -0.2) is 4.39 Å². The Labute approximate surface area is 102 Å². The Morgan fingerprint density at radius 2 is 2.29 bits per heavy atom. The first kappa shape index (κ1) is 13.7. The molecule has 2 nitrogen and oxygen atoms in total. The maximum Gasteiger partial charge on any atom is 0.168 e. The molecule has 0 bridgehead atoms. The van der Waals surface area contributed by atoms with Gasteiger partial charge in [-0.3, -0.25) is 0 Å². The molecular formula is C14H20FNO. The van der Waals surface area contributed by atoms with Gasteiger partial charge in [-0.2, -0.15) is 0 Å². The minimum atomic E-state index is -0.262. The average Bonchev–Trinajstić information content (AvgIpc) is 2.32. The van der Waals surface area contributed by atoms with Crippen LogP contribution >= 0.6 is 0 Å². The van der Waals surface area contributed by atoms with Crippen LogP contribution in [0.15, 0.2) is 30.9 Å². The van der Waals surface area contributed by atoms with Gasteiger partial charge in [0.05, 0.1) is 7.11 Å². The lowest BCUT2D eigenvalue weighted by Crippen LogP contribution is -2.30. The van der Waals surface area contributed by atoms with Crippen molar-refractivity contribution >= 4 is 0 Å². The summed E-state index contributed by atoms with van der Waals surface area (Å²) in [5.74, 6) is 0.0401. The van der Waals surface area contributed by atoms with Gasteiger partial charge >= 0.3 is 0 Å². The van der Waals surface area contributed by atoms with Crippen LogP contribution in [0.1, 0.15) is 18.9 Å². The van der Waals surface area contributed by atoms with Crippen LogP contribution in [0.2, 0.25) is 0 Å². The lowest BCUT2D eigenvalue weighted by molar-refractivity contribution is 0.382. The first-order valence-electron chi connectivity index (χ1n) is 5.88. The molecule has 0 aliphatic heterocycles. The number of likely N-dealkylation sites (N-methyl/N-ethyl adjacent to an activating group) is 1. The molecule has 0 aromatic heterocycles. The molecule has 3 heteroatoms. The van der Waals surface area contributed by atoms with E-state index in [-0.39, 0.29) is 11.9 Å². The first-order chi connectivity index (χ1) is 8.22. The lowest BCUT2D eigenvalue weighted by Gasteiger charge is -2.17. The lowest BCUT2D eigenvalue weighted by atomic mass is 10.0. The zero-order valence-electron chi connectivity index (χ0n) is 10.5. The molecule has 1 aromatic carbocycles. The van der Waals surface area contributed by atoms with E-state index in [1.807, 2.05) is 19.1 Å². The van der Waals surface area contributed by atoms with Crippen molar-refractivity contribution < 1.29 is 9.13 Å². The highest BCUT2D eigenvalue weighted by Gasteiger charge is 2.13. The molecule has 94 valence electrons. The monoisotopic (exact) mass is 237 g/mol. The van der Waals surface area contributed by atoms with E-state index in [2.05, 4.69) is 11.9 Å². The third-order valence-corrected chi connectivity index (χ3v) is 2.67. The third-order valence-electron chi connectivity index (χ3n) is 2.67. The number of hydrogen-bond acceptors (Lipinski definition) is 2. The summed E-state index contributed by atoms with van der Waals surface area (Å²) in [6.45, 7) is 6.63. The normalized spacial score (nSPS) is 12.2. The maximum absolute atomic E-state index is 13.9. The van der Waals surface area contributed by atoms with Crippen LogP contribution in [0.5, 0.6) is 5.75 Å². The molecule has 0 saturated heterocycles. The van der Waals surface area contributed by atoms with Crippen molar-refractivity contribution in [1.82, 2.24) is 5.32 Å². The fourth-order valence-electron chi connectivity index (χ4n) is 1.87. The third kappa shape index (κ3) is 3.86. The number of benzene rings is 1. The highest BCUT2D eigenvalue weighted by atomic mass is 19.1. The van der Waals surface area contributed by atoms with Crippen molar-refractivity contribution in [3.8, 4) is 5.75 Å². The van der Waals surface area contributed by atoms with Crippen molar-refractivity contribution in [2.24, 2.45) is 0 Å². The predicted molar refractivity (Wildman–Crippen MR) is 68.9 cm³/mol. The summed E-state index contributed by atoms with van der Waals surface area (Å²) in [6.07, 6.45) is 3.32. The molecule has 1 atom stereocenters. The van der Waals surface area contributed by atoms with Crippen LogP contribution in [0, 0.1) is 5.82 Å². The summed E-state index contributed by atoms with van der Waals surface area (Å²) < 4.78 is 18.9. The Bertz CT molecular complexity index is 365. The van der Waals surface area contributed by atoms with Crippen molar-refractivity contribution in [2.75, 3.05) is 13.7 Å². The van der Waals surface area contributed by atoms with Crippen molar-refractivity contribution in [1.29, 1.82) is 0 Å². The van der Waals surface area contributed by atoms with E-state index in [9.17, 15) is 4.39 Å². The van der Waals surface area contributed by atoms with Gasteiger partial charge < -0.3 is 10.1 Å². The fraction of sp³-hybridized carbons (Fsp3) is 0.429. The Hall–Kier alpha value is -1.35. The Morgan fingerprint density at radius 3 is 2.88 bits per heavy atom. The number of nitrogens with one attached hydrogen (secondary N) is 1. The van der Waals surface area contributed by atoms with E-state index in [1.54, 1.807) is 12.1 Å². The van der Waals surface area contributed by atoms with Gasteiger partial charge in [0.15, 0.2) is 11.6 Å². The van der Waals surface area contributed by atoms with Crippen LogP contribution in [0.3, 0.4) is 0 Å². The predicted octanol–water partition coefficient (Wildman–Crippen LogP) is 2.93. The number of methoxy groups -OCH3 is 1. The summed E-state index contributed by atoms with van der Waals surface area (Å²) in [4.78, 5) is 0. The summed E-state index contributed by atoms with van der Waals surface area (Å²) in [5.41, 5.74) is 0.678. The van der Waals surface area contributed by atoms with E-state index in [0.29, 0.717) is 17.7 Å². The molecule has 0 heterocycles. The Kier molecular flexibility index (Phi) is 5.70. The molecule has 1 aromatic rings. The second-order valence-corrected chi connectivity index (χ2v) is 3.92. The van der Waals surface area contributed by atoms with Crippen LogP contribution in [0.4, 0.5) is 4.39 Å². The quantitative estimate of drug-likeness (QED) is 0.736. The fourth-order valence-corrected chi connectivity index (χ4v) is 1.87. The summed E-state index contributed by atoms with van der Waals surface area (Å²) in [5, 5.41) is 3.32. The summed E-state index contributed by atoms with van der Waals surface area (Å²) in [7, 11) is 1.48. The molecule has 0 aliphatic carbocycles. The Morgan fingerprint density at radius 1 is 1.53 bits per heavy atom. The van der Waals surface area contributed by atoms with E-state index in [0.717, 1.165) is 13.0 Å². The van der Waals surface area contributed by atoms with Crippen molar-refractivity contribution in [3.05, 3.63) is 42.2 Å². The van der Waals surface area contributed by atoms with Gasteiger partial charge in [0.1, 0.15) is 0 Å². The van der Waals surface area contributed by atoms with Gasteiger partial charge in [0.2, 0.25) is 0 Å². The molecule has 0 aliphatic rings. The maximum atomic E-state index is 13.9. The molecule has 0 radical (unpaired) electrons. The standard InChI is InChI=1S/C14H20FNO/c1-4-7-12(16-5-2)10-11-8-6-9-13(17-3)14(11)15/h4,6,8-9,12,16H,1,5,7,10H2,2-3H3. The first-order valence-corrected chi connectivity index (χ1v) is 5.88. The zero-order chi connectivity index (χ0) is 12.7. The van der Waals surface area contributed by atoms with Crippen LogP contribution in [-0.4, -0.2) is 19.7 Å². The summed E-state index contributed by atoms with van der Waals surface area (Å²) in [6, 6.07) is 5.47. The number of hydrogen-bond donors (Lipinski definition) is 1. The number of halogens is 1. The minimum absolute atomic E-state index is 0.221. The molecular weight excluding hydrogens is 217 g/mol. The highest BCUT2D eigenvalue weighted by Crippen LogP contribution is 2.21. The smallest absolute Gasteiger partial charge is 0.168 e. The van der Waals surface area contributed by atoms with E-state index in [1.165, 1.54) is 7.11 Å². The molecule has 1 N–H and O–H groups in total. The largest absolute Gasteiger partial charge is 0.494 e. The summed E-state index contributed by atoms with van der Waals surface area (Å²) >= 11 is 0. The molecule has 17 heavy (non-hydrogen) atoms. The van der Waals surface area contributed by atoms with E-state index < -0.39 is 0 Å². The van der Waals surface area contributed by atoms with E-state index in [4.69, 9.17) is 4.74 Å². The molecule has 0 amide bonds. The molecule has 0 spiro atoms. The van der Waals surface area contributed by atoms with Gasteiger partial charge in [0.25, 0.3) is 0 Å². The molecule has 1 unspecified atom stereocenters. The molecule has 0 fully saturated rings. The molecule has 0 saturated carbocycles. The highest BCUT2D eigenvalue weighted by molar-refractivity contribution is 5.31. The average molecular weight is 237 g/mol. The van der Waals surface area contributed by atoms with Crippen LogP contribution in [0.25, 0.3) is 0 Å². The van der Waals surface area contributed by atoms with Gasteiger partial charge in [0, 0.05) is 6.04 Å². The topological polar surface area (TPSA) is 21.3 Å².